The van der Waals surface area contributed by atoms with Crippen LogP contribution >= 0.6 is 0 Å². The van der Waals surface area contributed by atoms with Gasteiger partial charge < -0.3 is 0 Å². The first-order valence-electron chi connectivity index (χ1n) is 2.92. The Bertz CT molecular complexity index is 260. The lowest BCUT2D eigenvalue weighted by Crippen LogP contribution is -2.12. The maximum Gasteiger partial charge on any atom is 0.313 e. The van der Waals surface area contributed by atoms with Crippen LogP contribution in [0.25, 0.3) is 0 Å². The van der Waals surface area contributed by atoms with E-state index in [0.29, 0.717) is 0 Å². The lowest BCUT2D eigenvalue weighted by Gasteiger charge is -1.82. The van der Waals surface area contributed by atoms with Crippen molar-refractivity contribution in [2.45, 2.75) is 11.1 Å². The molecule has 0 aromatic rings. The summed E-state index contributed by atoms with van der Waals surface area (Å²) in [7, 11) is 0. The highest BCUT2D eigenvalue weighted by Crippen LogP contribution is 3.07. The van der Waals surface area contributed by atoms with Crippen molar-refractivity contribution in [2.24, 2.45) is 11.8 Å². The van der Waals surface area contributed by atoms with Crippen molar-refractivity contribution in [3.63, 3.8) is 0 Å². The van der Waals surface area contributed by atoms with Gasteiger partial charge in [0.05, 0.1) is 0 Å². The van der Waals surface area contributed by atoms with E-state index in [9.17, 15) is 20.2 Å². The van der Waals surface area contributed by atoms with Crippen LogP contribution in [0.4, 0.5) is 0 Å². The molecule has 0 bridgehead atoms. The molecule has 4 aliphatic carbocycles. The van der Waals surface area contributed by atoms with Crippen LogP contribution in [0.5, 0.6) is 0 Å². The van der Waals surface area contributed by atoms with Gasteiger partial charge in [-0.2, -0.15) is 0 Å². The third kappa shape index (κ3) is 0.144. The van der Waals surface area contributed by atoms with Crippen molar-refractivity contribution in [1.82, 2.24) is 0 Å². The predicted octanol–water partition coefficient (Wildman–Crippen LogP) is -0.709. The van der Waals surface area contributed by atoms with E-state index in [1.807, 2.05) is 0 Å². The summed E-state index contributed by atoms with van der Waals surface area (Å²) >= 11 is 0. The summed E-state index contributed by atoms with van der Waals surface area (Å²) < 4.78 is 0. The second-order valence-corrected chi connectivity index (χ2v) is 3.12. The minimum absolute atomic E-state index is 0.190. The Morgan fingerprint density at radius 2 is 1.30 bits per heavy atom. The summed E-state index contributed by atoms with van der Waals surface area (Å²) in [4.78, 5) is 19.4. The molecule has 0 heterocycles. The second kappa shape index (κ2) is 0.694. The lowest BCUT2D eigenvalue weighted by molar-refractivity contribution is -0.558. The first-order valence-corrected chi connectivity index (χ1v) is 2.92. The molecule has 0 atom stereocenters. The molecule has 52 valence electrons. The number of hydrogen-bond acceptors (Lipinski definition) is 4. The minimum Gasteiger partial charge on any atom is -0.264 e. The van der Waals surface area contributed by atoms with Crippen molar-refractivity contribution in [3.05, 3.63) is 20.2 Å². The predicted molar refractivity (Wildman–Crippen MR) is 26.4 cm³/mol. The molecular formula is C4H2N2O4. The van der Waals surface area contributed by atoms with Gasteiger partial charge in [-0.25, -0.2) is 0 Å². The normalized spacial score (nSPS) is 64.4. The molecule has 0 aromatic carbocycles. The molecule has 0 saturated heterocycles. The third-order valence-corrected chi connectivity index (χ3v) is 3.09. The standard InChI is InChI=1S/C4H2N2O4/c7-5(8)3-1-2(3)4(1,3)6(9)10/h1-2H. The molecule has 6 heteroatoms. The van der Waals surface area contributed by atoms with Gasteiger partial charge in [-0.15, -0.1) is 0 Å². The van der Waals surface area contributed by atoms with Crippen LogP contribution in [-0.2, 0) is 0 Å². The molecule has 0 N–H and O–H groups in total. The molecular weight excluding hydrogens is 140 g/mol. The van der Waals surface area contributed by atoms with Crippen molar-refractivity contribution in [1.29, 1.82) is 0 Å². The van der Waals surface area contributed by atoms with Crippen LogP contribution in [0, 0.1) is 32.1 Å². The molecule has 0 unspecified atom stereocenters. The maximum atomic E-state index is 10.2. The fourth-order valence-electron chi connectivity index (χ4n) is 2.24. The van der Waals surface area contributed by atoms with Crippen LogP contribution in [-0.4, -0.2) is 20.9 Å². The van der Waals surface area contributed by atoms with E-state index in [4.69, 9.17) is 0 Å². The van der Waals surface area contributed by atoms with Gasteiger partial charge in [-0.05, 0) is 0 Å². The van der Waals surface area contributed by atoms with Gasteiger partial charge in [-0.1, -0.05) is 0 Å². The Labute approximate surface area is 54.1 Å². The van der Waals surface area contributed by atoms with E-state index in [0.717, 1.165) is 0 Å². The van der Waals surface area contributed by atoms with Gasteiger partial charge >= 0.3 is 11.1 Å². The van der Waals surface area contributed by atoms with Gasteiger partial charge in [0.2, 0.25) is 0 Å². The first kappa shape index (κ1) is 4.59. The van der Waals surface area contributed by atoms with E-state index in [1.54, 1.807) is 0 Å². The summed E-state index contributed by atoms with van der Waals surface area (Å²) in [5.74, 6) is -0.380. The zero-order valence-corrected chi connectivity index (χ0v) is 4.68. The molecule has 0 spiro atoms. The van der Waals surface area contributed by atoms with Crippen molar-refractivity contribution >= 4 is 0 Å². The van der Waals surface area contributed by atoms with Crippen molar-refractivity contribution < 1.29 is 9.85 Å². The fraction of sp³-hybridized carbons (Fsp3) is 1.00. The zero-order chi connectivity index (χ0) is 7.31. The van der Waals surface area contributed by atoms with Crippen molar-refractivity contribution in [2.75, 3.05) is 0 Å². The summed E-state index contributed by atoms with van der Waals surface area (Å²) in [6, 6.07) is 0. The van der Waals surface area contributed by atoms with E-state index in [2.05, 4.69) is 0 Å². The highest BCUT2D eigenvalue weighted by Gasteiger charge is 3.41. The Morgan fingerprint density at radius 1 is 1.00 bits per heavy atom. The number of rotatable bonds is 2. The van der Waals surface area contributed by atoms with Gasteiger partial charge in [0.25, 0.3) is 0 Å². The molecule has 0 aliphatic heterocycles. The highest BCUT2D eigenvalue weighted by atomic mass is 16.7. The molecule has 4 fully saturated rings. The van der Waals surface area contributed by atoms with E-state index in [-0.39, 0.29) is 11.8 Å². The number of hydrogen-bond donors (Lipinski definition) is 0. The molecule has 10 heavy (non-hydrogen) atoms. The summed E-state index contributed by atoms with van der Waals surface area (Å²) in [6.07, 6.45) is 0. The zero-order valence-electron chi connectivity index (χ0n) is 4.68. The van der Waals surface area contributed by atoms with Gasteiger partial charge in [0.15, 0.2) is 0 Å². The maximum absolute atomic E-state index is 10.2. The quantitative estimate of drug-likeness (QED) is 0.376. The van der Waals surface area contributed by atoms with E-state index < -0.39 is 20.9 Å². The average molecular weight is 142 g/mol. The fourth-order valence-corrected chi connectivity index (χ4v) is 2.24. The molecule has 6 nitrogen and oxygen atoms in total. The molecule has 4 rings (SSSR count). The summed E-state index contributed by atoms with van der Waals surface area (Å²) in [5, 5.41) is 20.3. The van der Waals surface area contributed by atoms with E-state index in [1.165, 1.54) is 0 Å². The topological polar surface area (TPSA) is 86.3 Å². The number of nitro groups is 2. The Balaban J connectivity index is 2.00. The minimum atomic E-state index is -1.06. The smallest absolute Gasteiger partial charge is 0.264 e. The van der Waals surface area contributed by atoms with Crippen LogP contribution < -0.4 is 0 Å². The van der Waals surface area contributed by atoms with Crippen LogP contribution in [0.3, 0.4) is 0 Å². The SMILES string of the molecule is O=[N+]([O-])C12C3C1C32[N+](=O)[O-]. The van der Waals surface area contributed by atoms with Gasteiger partial charge in [-0.3, -0.25) is 20.2 Å². The third-order valence-electron chi connectivity index (χ3n) is 3.09. The van der Waals surface area contributed by atoms with Gasteiger partial charge in [0.1, 0.15) is 11.8 Å². The highest BCUT2D eigenvalue weighted by molar-refractivity contribution is 5.70. The molecule has 0 radical (unpaired) electrons. The van der Waals surface area contributed by atoms with Gasteiger partial charge in [0, 0.05) is 9.85 Å². The summed E-state index contributed by atoms with van der Waals surface area (Å²) in [5.41, 5.74) is -2.12. The Morgan fingerprint density at radius 3 is 1.40 bits per heavy atom. The van der Waals surface area contributed by atoms with E-state index >= 15 is 0 Å². The van der Waals surface area contributed by atoms with Crippen LogP contribution in [0.15, 0.2) is 0 Å². The van der Waals surface area contributed by atoms with Crippen LogP contribution in [0.2, 0.25) is 0 Å². The molecule has 0 aromatic heterocycles. The summed E-state index contributed by atoms with van der Waals surface area (Å²) in [6.45, 7) is 0. The largest absolute Gasteiger partial charge is 0.313 e. The Hall–Kier alpha value is -1.20. The average Bonchev–Trinajstić information content (AvgIpc) is 2.64. The molecule has 0 amide bonds. The molecule has 4 aliphatic rings. The van der Waals surface area contributed by atoms with Crippen LogP contribution in [0.1, 0.15) is 0 Å². The second-order valence-electron chi connectivity index (χ2n) is 3.12. The van der Waals surface area contributed by atoms with Crippen molar-refractivity contribution in [3.8, 4) is 0 Å². The Kier molecular flexibility index (Phi) is 0.318. The monoisotopic (exact) mass is 142 g/mol. The molecule has 4 saturated carbocycles. The first-order chi connectivity index (χ1) is 4.62. The lowest BCUT2D eigenvalue weighted by atomic mass is 10.7. The number of nitrogens with zero attached hydrogens (tertiary/aromatic N) is 2.